The number of aliphatic hydroxyl groups excluding tert-OH is 2. The van der Waals surface area contributed by atoms with Crippen LogP contribution in [0.3, 0.4) is 0 Å². The lowest BCUT2D eigenvalue weighted by molar-refractivity contribution is 0.0274. The fourth-order valence-corrected chi connectivity index (χ4v) is 2.52. The van der Waals surface area contributed by atoms with Gasteiger partial charge in [-0.3, -0.25) is 0 Å². The predicted molar refractivity (Wildman–Crippen MR) is 66.3 cm³/mol. The largest absolute Gasteiger partial charge is 0.393 e. The fraction of sp³-hybridized carbons (Fsp3) is 1.00. The van der Waals surface area contributed by atoms with Gasteiger partial charge in [-0.25, -0.2) is 0 Å². The Balaban J connectivity index is 2.24. The molecule has 0 aromatic heterocycles. The van der Waals surface area contributed by atoms with Crippen LogP contribution in [0, 0.1) is 11.8 Å². The van der Waals surface area contributed by atoms with E-state index in [2.05, 4.69) is 19.2 Å². The van der Waals surface area contributed by atoms with Crippen LogP contribution in [0.1, 0.15) is 46.0 Å². The molecule has 1 fully saturated rings. The first-order valence-electron chi connectivity index (χ1n) is 6.70. The summed E-state index contributed by atoms with van der Waals surface area (Å²) in [5, 5.41) is 22.8. The second-order valence-electron chi connectivity index (χ2n) is 5.36. The Hall–Kier alpha value is -0.120. The Morgan fingerprint density at radius 1 is 1.38 bits per heavy atom. The number of hydrogen-bond donors (Lipinski definition) is 3. The fourth-order valence-electron chi connectivity index (χ4n) is 2.52. The third-order valence-electron chi connectivity index (χ3n) is 3.60. The van der Waals surface area contributed by atoms with Crippen LogP contribution in [0.15, 0.2) is 0 Å². The van der Waals surface area contributed by atoms with Crippen molar-refractivity contribution in [2.75, 3.05) is 13.1 Å². The molecule has 0 aliphatic carbocycles. The van der Waals surface area contributed by atoms with Crippen molar-refractivity contribution in [3.05, 3.63) is 0 Å². The van der Waals surface area contributed by atoms with Gasteiger partial charge in [-0.05, 0) is 24.7 Å². The summed E-state index contributed by atoms with van der Waals surface area (Å²) in [5.41, 5.74) is 0. The smallest absolute Gasteiger partial charge is 0.0668 e. The van der Waals surface area contributed by atoms with Gasteiger partial charge in [0.1, 0.15) is 0 Å². The second-order valence-corrected chi connectivity index (χ2v) is 5.36. The molecule has 96 valence electrons. The van der Waals surface area contributed by atoms with E-state index in [1.54, 1.807) is 0 Å². The molecule has 3 heteroatoms. The van der Waals surface area contributed by atoms with E-state index in [1.807, 2.05) is 0 Å². The van der Waals surface area contributed by atoms with E-state index in [0.29, 0.717) is 12.5 Å². The third kappa shape index (κ3) is 4.81. The lowest BCUT2D eigenvalue weighted by Gasteiger charge is -2.31. The van der Waals surface area contributed by atoms with Crippen molar-refractivity contribution in [2.45, 2.75) is 58.2 Å². The van der Waals surface area contributed by atoms with Gasteiger partial charge in [0.05, 0.1) is 12.2 Å². The number of unbranched alkanes of at least 4 members (excludes halogenated alkanes) is 1. The van der Waals surface area contributed by atoms with Gasteiger partial charge in [-0.15, -0.1) is 0 Å². The minimum absolute atomic E-state index is 0.229. The Labute approximate surface area is 99.3 Å². The number of piperidine rings is 1. The highest BCUT2D eigenvalue weighted by atomic mass is 16.3. The van der Waals surface area contributed by atoms with Crippen molar-refractivity contribution in [1.82, 2.24) is 5.32 Å². The topological polar surface area (TPSA) is 52.5 Å². The minimum atomic E-state index is -0.278. The molecule has 3 N–H and O–H groups in total. The quantitative estimate of drug-likeness (QED) is 0.647. The van der Waals surface area contributed by atoms with Crippen LogP contribution in [0.2, 0.25) is 0 Å². The Bertz CT molecular complexity index is 187. The first-order chi connectivity index (χ1) is 7.63. The first-order valence-corrected chi connectivity index (χ1v) is 6.70. The Morgan fingerprint density at radius 2 is 2.12 bits per heavy atom. The van der Waals surface area contributed by atoms with Crippen LogP contribution in [0.5, 0.6) is 0 Å². The molecule has 1 aliphatic heterocycles. The zero-order valence-corrected chi connectivity index (χ0v) is 10.7. The molecule has 4 atom stereocenters. The maximum Gasteiger partial charge on any atom is 0.0668 e. The average molecular weight is 229 g/mol. The van der Waals surface area contributed by atoms with Gasteiger partial charge < -0.3 is 15.5 Å². The van der Waals surface area contributed by atoms with Crippen molar-refractivity contribution >= 4 is 0 Å². The first kappa shape index (κ1) is 13.9. The molecule has 0 bridgehead atoms. The zero-order valence-electron chi connectivity index (χ0n) is 10.7. The highest BCUT2D eigenvalue weighted by molar-refractivity contribution is 4.81. The highest BCUT2D eigenvalue weighted by Gasteiger charge is 2.26. The van der Waals surface area contributed by atoms with Gasteiger partial charge >= 0.3 is 0 Å². The number of rotatable bonds is 6. The molecule has 0 radical (unpaired) electrons. The molecule has 0 aromatic carbocycles. The van der Waals surface area contributed by atoms with E-state index in [-0.39, 0.29) is 18.1 Å². The van der Waals surface area contributed by atoms with E-state index in [1.165, 1.54) is 19.3 Å². The van der Waals surface area contributed by atoms with E-state index >= 15 is 0 Å². The van der Waals surface area contributed by atoms with Gasteiger partial charge in [-0.1, -0.05) is 33.1 Å². The van der Waals surface area contributed by atoms with E-state index in [9.17, 15) is 10.2 Å². The number of hydrogen-bond acceptors (Lipinski definition) is 3. The molecule has 0 saturated carbocycles. The molecule has 0 amide bonds. The molecule has 1 aliphatic rings. The molecule has 16 heavy (non-hydrogen) atoms. The molecule has 4 unspecified atom stereocenters. The van der Waals surface area contributed by atoms with E-state index in [4.69, 9.17) is 0 Å². The molecule has 1 rings (SSSR count). The summed E-state index contributed by atoms with van der Waals surface area (Å²) < 4.78 is 0. The maximum absolute atomic E-state index is 10.1. The molecule has 0 aromatic rings. The zero-order chi connectivity index (χ0) is 12.0. The summed E-state index contributed by atoms with van der Waals surface area (Å²) in [4.78, 5) is 0. The number of aliphatic hydroxyl groups is 2. The van der Waals surface area contributed by atoms with E-state index < -0.39 is 0 Å². The molecule has 3 nitrogen and oxygen atoms in total. The van der Waals surface area contributed by atoms with Crippen molar-refractivity contribution in [1.29, 1.82) is 0 Å². The van der Waals surface area contributed by atoms with Gasteiger partial charge in [0.25, 0.3) is 0 Å². The summed E-state index contributed by atoms with van der Waals surface area (Å²) >= 11 is 0. The number of β-amino-alcohol motifs (C(OH)–C–C–N with tert-alkyl or cyclic N) is 1. The summed E-state index contributed by atoms with van der Waals surface area (Å²) in [6, 6.07) is 0. The third-order valence-corrected chi connectivity index (χ3v) is 3.60. The molecule has 1 saturated heterocycles. The molecule has 1 heterocycles. The minimum Gasteiger partial charge on any atom is -0.393 e. The average Bonchev–Trinajstić information content (AvgIpc) is 2.26. The van der Waals surface area contributed by atoms with Crippen LogP contribution in [0.4, 0.5) is 0 Å². The molecular weight excluding hydrogens is 202 g/mol. The summed E-state index contributed by atoms with van der Waals surface area (Å²) in [5.74, 6) is 0.821. The highest BCUT2D eigenvalue weighted by Crippen LogP contribution is 2.22. The molecule has 0 spiro atoms. The lowest BCUT2D eigenvalue weighted by Crippen LogP contribution is -2.44. The van der Waals surface area contributed by atoms with Gasteiger partial charge in [0.15, 0.2) is 0 Å². The Morgan fingerprint density at radius 3 is 2.75 bits per heavy atom. The van der Waals surface area contributed by atoms with Gasteiger partial charge in [-0.2, -0.15) is 0 Å². The van der Waals surface area contributed by atoms with Gasteiger partial charge in [0, 0.05) is 13.1 Å². The van der Waals surface area contributed by atoms with Crippen LogP contribution >= 0.6 is 0 Å². The second kappa shape index (κ2) is 7.25. The van der Waals surface area contributed by atoms with Crippen molar-refractivity contribution in [3.63, 3.8) is 0 Å². The monoisotopic (exact) mass is 229 g/mol. The normalized spacial score (nSPS) is 30.0. The standard InChI is InChI=1S/C13H27NO2/c1-3-4-5-10(2)6-13(16)11-7-12(15)9-14-8-11/h10-16H,3-9H2,1-2H3. The molecular formula is C13H27NO2. The van der Waals surface area contributed by atoms with Crippen LogP contribution < -0.4 is 5.32 Å². The number of nitrogens with one attached hydrogen (secondary N) is 1. The Kier molecular flexibility index (Phi) is 6.32. The maximum atomic E-state index is 10.1. The summed E-state index contributed by atoms with van der Waals surface area (Å²) in [7, 11) is 0. The van der Waals surface area contributed by atoms with Crippen LogP contribution in [0.25, 0.3) is 0 Å². The van der Waals surface area contributed by atoms with Crippen LogP contribution in [-0.2, 0) is 0 Å². The van der Waals surface area contributed by atoms with E-state index in [0.717, 1.165) is 19.4 Å². The SMILES string of the molecule is CCCCC(C)CC(O)C1CNCC(O)C1. The van der Waals surface area contributed by atoms with Crippen molar-refractivity contribution in [2.24, 2.45) is 11.8 Å². The van der Waals surface area contributed by atoms with Crippen molar-refractivity contribution in [3.8, 4) is 0 Å². The predicted octanol–water partition coefficient (Wildman–Crippen LogP) is 1.53. The van der Waals surface area contributed by atoms with Crippen LogP contribution in [-0.4, -0.2) is 35.5 Å². The lowest BCUT2D eigenvalue weighted by atomic mass is 9.86. The summed E-state index contributed by atoms with van der Waals surface area (Å²) in [6.07, 6.45) is 4.77. The summed E-state index contributed by atoms with van der Waals surface area (Å²) in [6.45, 7) is 5.93. The van der Waals surface area contributed by atoms with Crippen molar-refractivity contribution < 1.29 is 10.2 Å². The van der Waals surface area contributed by atoms with Gasteiger partial charge in [0.2, 0.25) is 0 Å².